The van der Waals surface area contributed by atoms with Gasteiger partial charge < -0.3 is 15.5 Å². The van der Waals surface area contributed by atoms with E-state index in [9.17, 15) is 4.79 Å². The maximum atomic E-state index is 12.2. The minimum atomic E-state index is 0.295. The maximum Gasteiger partial charge on any atom is 0.223 e. The lowest BCUT2D eigenvalue weighted by Gasteiger charge is -2.33. The number of carbonyl (C=O) groups excluding carboxylic acids is 1. The third-order valence-corrected chi connectivity index (χ3v) is 5.31. The van der Waals surface area contributed by atoms with Crippen LogP contribution < -0.4 is 10.6 Å². The van der Waals surface area contributed by atoms with E-state index in [0.29, 0.717) is 24.3 Å². The molecule has 2 aliphatic rings. The summed E-state index contributed by atoms with van der Waals surface area (Å²) < 4.78 is 0. The van der Waals surface area contributed by atoms with E-state index < -0.39 is 0 Å². The van der Waals surface area contributed by atoms with E-state index in [0.717, 1.165) is 44.9 Å². The Morgan fingerprint density at radius 2 is 1.78 bits per heavy atom. The normalized spacial score (nSPS) is 20.5. The Balaban J connectivity index is 0.000000596. The quantitative estimate of drug-likeness (QED) is 0.817. The summed E-state index contributed by atoms with van der Waals surface area (Å²) in [5.41, 5.74) is 3.00. The van der Waals surface area contributed by atoms with Crippen LogP contribution in [0.5, 0.6) is 0 Å². The van der Waals surface area contributed by atoms with Gasteiger partial charge in [-0.2, -0.15) is 0 Å². The lowest BCUT2D eigenvalue weighted by molar-refractivity contribution is -0.132. The van der Waals surface area contributed by atoms with E-state index in [-0.39, 0.29) is 0 Å². The number of likely N-dealkylation sites (tertiary alicyclic amines) is 1. The predicted octanol–water partition coefficient (Wildman–Crippen LogP) is 4.09. The molecule has 2 aliphatic heterocycles. The highest BCUT2D eigenvalue weighted by Gasteiger charge is 2.27. The molecule has 3 rings (SSSR count). The third-order valence-electron chi connectivity index (χ3n) is 5.31. The van der Waals surface area contributed by atoms with Gasteiger partial charge in [-0.15, -0.1) is 0 Å². The van der Waals surface area contributed by atoms with Crippen molar-refractivity contribution in [1.82, 2.24) is 15.5 Å². The van der Waals surface area contributed by atoms with Crippen molar-refractivity contribution < 1.29 is 4.79 Å². The van der Waals surface area contributed by atoms with Crippen molar-refractivity contribution in [3.8, 4) is 0 Å². The second-order valence-corrected chi connectivity index (χ2v) is 8.52. The number of benzene rings is 1. The summed E-state index contributed by atoms with van der Waals surface area (Å²) in [6.45, 7) is 10.2. The van der Waals surface area contributed by atoms with Crippen molar-refractivity contribution in [2.75, 3.05) is 33.2 Å². The number of nitrogens with one attached hydrogen (secondary N) is 2. The van der Waals surface area contributed by atoms with Gasteiger partial charge in [0.1, 0.15) is 0 Å². The molecule has 2 saturated heterocycles. The van der Waals surface area contributed by atoms with Gasteiger partial charge in [-0.25, -0.2) is 0 Å². The minimum absolute atomic E-state index is 0.295. The molecule has 0 bridgehead atoms. The van der Waals surface area contributed by atoms with Crippen LogP contribution in [0.1, 0.15) is 76.0 Å². The van der Waals surface area contributed by atoms with E-state index in [1.807, 2.05) is 11.9 Å². The van der Waals surface area contributed by atoms with Gasteiger partial charge in [0.25, 0.3) is 0 Å². The van der Waals surface area contributed by atoms with Crippen molar-refractivity contribution in [1.29, 1.82) is 0 Å². The summed E-state index contributed by atoms with van der Waals surface area (Å²) in [4.78, 5) is 14.2. The molecule has 0 aliphatic carbocycles. The summed E-state index contributed by atoms with van der Waals surface area (Å²) in [6, 6.07) is 9.45. The summed E-state index contributed by atoms with van der Waals surface area (Å²) in [5.74, 6) is 1.73. The smallest absolute Gasteiger partial charge is 0.223 e. The fourth-order valence-electron chi connectivity index (χ4n) is 3.98. The summed E-state index contributed by atoms with van der Waals surface area (Å²) in [7, 11) is 1.90. The van der Waals surface area contributed by atoms with Crippen LogP contribution in [0, 0.1) is 5.92 Å². The van der Waals surface area contributed by atoms with Crippen LogP contribution >= 0.6 is 0 Å². The number of hydrogen-bond acceptors (Lipinski definition) is 3. The molecular weight excluding hydrogens is 334 g/mol. The first-order valence-electron chi connectivity index (χ1n) is 10.8. The molecule has 27 heavy (non-hydrogen) atoms. The van der Waals surface area contributed by atoms with Crippen LogP contribution in [0.25, 0.3) is 0 Å². The molecule has 2 heterocycles. The van der Waals surface area contributed by atoms with Gasteiger partial charge in [-0.05, 0) is 62.2 Å². The summed E-state index contributed by atoms with van der Waals surface area (Å²) in [5, 5.41) is 6.69. The molecule has 2 fully saturated rings. The molecule has 1 amide bonds. The monoisotopic (exact) mass is 373 g/mol. The largest absolute Gasteiger partial charge is 0.343 e. The Hall–Kier alpha value is -1.39. The van der Waals surface area contributed by atoms with Crippen LogP contribution in [0.4, 0.5) is 0 Å². The number of rotatable bonds is 5. The molecule has 4 heteroatoms. The zero-order valence-electron chi connectivity index (χ0n) is 17.8. The fourth-order valence-corrected chi connectivity index (χ4v) is 3.98. The molecule has 0 spiro atoms. The van der Waals surface area contributed by atoms with Gasteiger partial charge in [-0.1, -0.05) is 45.0 Å². The first-order valence-corrected chi connectivity index (χ1v) is 10.8. The highest BCUT2D eigenvalue weighted by atomic mass is 16.2. The van der Waals surface area contributed by atoms with Crippen molar-refractivity contribution in [2.24, 2.45) is 5.92 Å². The molecule has 1 aromatic rings. The lowest BCUT2D eigenvalue weighted by Crippen LogP contribution is -2.39. The third kappa shape index (κ3) is 6.93. The van der Waals surface area contributed by atoms with Crippen LogP contribution in [-0.2, 0) is 4.79 Å². The van der Waals surface area contributed by atoms with E-state index in [1.54, 1.807) is 0 Å². The highest BCUT2D eigenvalue weighted by molar-refractivity contribution is 5.76. The topological polar surface area (TPSA) is 44.4 Å². The van der Waals surface area contributed by atoms with E-state index in [2.05, 4.69) is 55.7 Å². The molecule has 1 atom stereocenters. The van der Waals surface area contributed by atoms with Gasteiger partial charge in [0.2, 0.25) is 5.91 Å². The maximum absolute atomic E-state index is 12.2. The number of piperidine rings is 1. The molecule has 0 aromatic heterocycles. The molecule has 152 valence electrons. The van der Waals surface area contributed by atoms with Crippen LogP contribution in [0.15, 0.2) is 24.3 Å². The highest BCUT2D eigenvalue weighted by Crippen LogP contribution is 2.35. The average molecular weight is 374 g/mol. The van der Waals surface area contributed by atoms with Gasteiger partial charge >= 0.3 is 0 Å². The van der Waals surface area contributed by atoms with Gasteiger partial charge in [-0.3, -0.25) is 4.79 Å². The van der Waals surface area contributed by atoms with Gasteiger partial charge in [0, 0.05) is 32.1 Å². The molecule has 4 nitrogen and oxygen atoms in total. The minimum Gasteiger partial charge on any atom is -0.343 e. The SMILES string of the molecule is CC(C)C.CNCCC(=O)N1CCC(c2ccccc2C2CCCN2)CC1. The Kier molecular flexibility index (Phi) is 9.29. The molecule has 1 unspecified atom stereocenters. The second kappa shape index (κ2) is 11.5. The van der Waals surface area contributed by atoms with Gasteiger partial charge in [0.05, 0.1) is 0 Å². The molecule has 1 aromatic carbocycles. The Labute approximate surface area is 166 Å². The zero-order valence-corrected chi connectivity index (χ0v) is 17.8. The van der Waals surface area contributed by atoms with Crippen molar-refractivity contribution in [3.05, 3.63) is 35.4 Å². The van der Waals surface area contributed by atoms with E-state index in [4.69, 9.17) is 0 Å². The zero-order chi connectivity index (χ0) is 19.6. The first kappa shape index (κ1) is 21.9. The molecule has 0 radical (unpaired) electrons. The van der Waals surface area contributed by atoms with E-state index in [1.165, 1.54) is 24.0 Å². The lowest BCUT2D eigenvalue weighted by atomic mass is 9.84. The Morgan fingerprint density at radius 1 is 1.15 bits per heavy atom. The number of amides is 1. The van der Waals surface area contributed by atoms with Crippen molar-refractivity contribution in [3.63, 3.8) is 0 Å². The number of hydrogen-bond donors (Lipinski definition) is 2. The van der Waals surface area contributed by atoms with E-state index >= 15 is 0 Å². The first-order chi connectivity index (χ1) is 13.0. The van der Waals surface area contributed by atoms with Crippen molar-refractivity contribution in [2.45, 2.75) is 64.8 Å². The average Bonchev–Trinajstić information content (AvgIpc) is 3.20. The standard InChI is InChI=1S/C19H29N3O.C4H10/c1-20-12-8-19(23)22-13-9-15(10-14-22)16-5-2-3-6-17(16)18-7-4-11-21-18;1-4(2)3/h2-3,5-6,15,18,20-21H,4,7-14H2,1H3;4H,1-3H3. The number of carbonyl (C=O) groups is 1. The van der Waals surface area contributed by atoms with Crippen molar-refractivity contribution >= 4 is 5.91 Å². The Morgan fingerprint density at radius 3 is 2.33 bits per heavy atom. The Bertz CT molecular complexity index is 556. The number of nitrogens with zero attached hydrogens (tertiary/aromatic N) is 1. The van der Waals surface area contributed by atoms with Crippen LogP contribution in [0.3, 0.4) is 0 Å². The summed E-state index contributed by atoms with van der Waals surface area (Å²) >= 11 is 0. The van der Waals surface area contributed by atoms with Crippen LogP contribution in [0.2, 0.25) is 0 Å². The molecule has 0 saturated carbocycles. The van der Waals surface area contributed by atoms with Gasteiger partial charge in [0.15, 0.2) is 0 Å². The summed E-state index contributed by atoms with van der Waals surface area (Å²) in [6.07, 6.45) is 5.32. The second-order valence-electron chi connectivity index (χ2n) is 8.52. The predicted molar refractivity (Wildman–Crippen MR) is 114 cm³/mol. The molecular formula is C23H39N3O. The van der Waals surface area contributed by atoms with Crippen LogP contribution in [-0.4, -0.2) is 44.0 Å². The molecule has 2 N–H and O–H groups in total. The fraction of sp³-hybridized carbons (Fsp3) is 0.696.